The molecular weight excluding hydrogens is 550 g/mol. The fraction of sp³-hybridized carbons (Fsp3) is 0.594. The van der Waals surface area contributed by atoms with Crippen LogP contribution in [0, 0.1) is 24.7 Å². The first kappa shape index (κ1) is 29.2. The molecule has 1 aliphatic carbocycles. The molecule has 0 atom stereocenters. The summed E-state index contributed by atoms with van der Waals surface area (Å²) in [5, 5.41) is 14.3. The van der Waals surface area contributed by atoms with Crippen LogP contribution in [-0.2, 0) is 9.53 Å². The number of hydrogen-bond donors (Lipinski definition) is 2. The Morgan fingerprint density at radius 1 is 1.14 bits per heavy atom. The summed E-state index contributed by atoms with van der Waals surface area (Å²) in [7, 11) is 0. The predicted octanol–water partition coefficient (Wildman–Crippen LogP) is 4.83. The van der Waals surface area contributed by atoms with Crippen molar-refractivity contribution in [3.63, 3.8) is 0 Å². The molecule has 1 aromatic carbocycles. The molecule has 6 rings (SSSR count). The minimum Gasteiger partial charge on any atom is -0.398 e. The first-order valence-electron chi connectivity index (χ1n) is 15.2. The molecule has 1 spiro atoms. The molecule has 4 aliphatic rings. The van der Waals surface area contributed by atoms with Gasteiger partial charge in [0, 0.05) is 97.2 Å². The van der Waals surface area contributed by atoms with E-state index in [1.807, 2.05) is 17.9 Å². The van der Waals surface area contributed by atoms with E-state index in [1.165, 1.54) is 12.3 Å². The van der Waals surface area contributed by atoms with Gasteiger partial charge in [-0.15, -0.1) is 0 Å². The van der Waals surface area contributed by atoms with Crippen molar-refractivity contribution >= 4 is 35.2 Å². The molecule has 9 nitrogen and oxygen atoms in total. The number of benzene rings is 1. The van der Waals surface area contributed by atoms with Gasteiger partial charge < -0.3 is 25.7 Å². The van der Waals surface area contributed by atoms with Crippen LogP contribution in [0.5, 0.6) is 0 Å². The minimum absolute atomic E-state index is 0.0110. The largest absolute Gasteiger partial charge is 0.398 e. The van der Waals surface area contributed by atoms with Crippen LogP contribution in [-0.4, -0.2) is 89.2 Å². The number of amides is 1. The number of rotatable bonds is 6. The van der Waals surface area contributed by atoms with Crippen molar-refractivity contribution in [1.29, 1.82) is 5.41 Å². The zero-order valence-corrected chi connectivity index (χ0v) is 26.1. The van der Waals surface area contributed by atoms with Gasteiger partial charge in [0.15, 0.2) is 5.82 Å². The maximum absolute atomic E-state index is 12.1. The lowest BCUT2D eigenvalue weighted by atomic mass is 9.60. The van der Waals surface area contributed by atoms with Crippen LogP contribution in [0.1, 0.15) is 62.4 Å². The zero-order chi connectivity index (χ0) is 30.0. The predicted molar refractivity (Wildman–Crippen MR) is 169 cm³/mol. The number of aromatic nitrogens is 2. The molecule has 4 heterocycles. The Kier molecular flexibility index (Phi) is 7.43. The number of nitrogens with two attached hydrogens (primary N) is 1. The first-order valence-corrected chi connectivity index (χ1v) is 15.6. The van der Waals surface area contributed by atoms with Gasteiger partial charge in [0.1, 0.15) is 0 Å². The van der Waals surface area contributed by atoms with E-state index in [2.05, 4.69) is 41.8 Å². The molecule has 0 radical (unpaired) electrons. The second kappa shape index (κ2) is 10.7. The summed E-state index contributed by atoms with van der Waals surface area (Å²) in [6.07, 6.45) is 6.85. The third-order valence-electron chi connectivity index (χ3n) is 10.2. The van der Waals surface area contributed by atoms with Gasteiger partial charge >= 0.3 is 0 Å². The number of nitrogen functional groups attached to an aromatic ring is 1. The number of halogens is 1. The van der Waals surface area contributed by atoms with E-state index in [1.54, 1.807) is 0 Å². The second-order valence-electron chi connectivity index (χ2n) is 13.5. The summed E-state index contributed by atoms with van der Waals surface area (Å²) in [5.74, 6) is 0.925. The number of likely N-dealkylation sites (tertiary alicyclic amines) is 1. The van der Waals surface area contributed by atoms with Crippen LogP contribution in [0.2, 0.25) is 5.02 Å². The Bertz CT molecular complexity index is 1410. The van der Waals surface area contributed by atoms with Crippen molar-refractivity contribution in [2.24, 2.45) is 5.41 Å². The van der Waals surface area contributed by atoms with Gasteiger partial charge in [0.25, 0.3) is 0 Å². The van der Waals surface area contributed by atoms with Crippen LogP contribution < -0.4 is 10.6 Å². The van der Waals surface area contributed by atoms with Crippen molar-refractivity contribution in [2.45, 2.75) is 71.0 Å². The van der Waals surface area contributed by atoms with Crippen molar-refractivity contribution in [3.8, 4) is 11.1 Å². The molecule has 1 aromatic heterocycles. The van der Waals surface area contributed by atoms with E-state index in [0.29, 0.717) is 22.3 Å². The van der Waals surface area contributed by atoms with E-state index in [-0.39, 0.29) is 22.9 Å². The number of nitrogens with zero attached hydrogens (tertiary/aromatic N) is 5. The normalized spacial score (nSPS) is 22.6. The van der Waals surface area contributed by atoms with E-state index >= 15 is 0 Å². The number of nitrogens with one attached hydrogen (secondary N) is 1. The van der Waals surface area contributed by atoms with E-state index < -0.39 is 0 Å². The number of hydrogen-bond acceptors (Lipinski definition) is 7. The monoisotopic (exact) mass is 593 g/mol. The zero-order valence-electron chi connectivity index (χ0n) is 25.4. The molecule has 1 amide bonds. The molecule has 0 unspecified atom stereocenters. The maximum Gasteiger partial charge on any atom is 0.245 e. The van der Waals surface area contributed by atoms with Gasteiger partial charge in [-0.2, -0.15) is 5.10 Å². The molecule has 0 bridgehead atoms. The summed E-state index contributed by atoms with van der Waals surface area (Å²) >= 11 is 7.06. The average molecular weight is 594 g/mol. The molecule has 1 saturated carbocycles. The van der Waals surface area contributed by atoms with Gasteiger partial charge in [0.2, 0.25) is 5.91 Å². The Balaban J connectivity index is 1.38. The Morgan fingerprint density at radius 3 is 2.45 bits per heavy atom. The lowest BCUT2D eigenvalue weighted by Crippen LogP contribution is -2.63. The quantitative estimate of drug-likeness (QED) is 0.282. The Labute approximate surface area is 254 Å². The number of aryl methyl sites for hydroxylation is 1. The Hall–Kier alpha value is -2.88. The van der Waals surface area contributed by atoms with Crippen molar-refractivity contribution in [2.75, 3.05) is 56.6 Å². The summed E-state index contributed by atoms with van der Waals surface area (Å²) in [6.45, 7) is 18.3. The standard InChI is InChI=1S/C32H44ClN7O2/c1-6-26(41)38-18-32(19-38)14-23(15-32)40-21(3)27(28-24(16-34)25(35)13-20(2)29(28)33)30(36-40)39-10-9-37(17-31(39,4)5)22-7-11-42-12-8-22/h6,13,16,22-23,34H,1,7-12,14-15,17-19,35H2,2-5H3. The highest BCUT2D eigenvalue weighted by Crippen LogP contribution is 2.55. The average Bonchev–Trinajstić information content (AvgIpc) is 3.24. The fourth-order valence-corrected chi connectivity index (χ4v) is 8.19. The van der Waals surface area contributed by atoms with Crippen molar-refractivity contribution < 1.29 is 9.53 Å². The van der Waals surface area contributed by atoms with E-state index in [0.717, 1.165) is 99.8 Å². The first-order chi connectivity index (χ1) is 20.0. The molecule has 10 heteroatoms. The van der Waals surface area contributed by atoms with Crippen LogP contribution in [0.15, 0.2) is 18.7 Å². The fourth-order valence-electron chi connectivity index (χ4n) is 7.94. The second-order valence-corrected chi connectivity index (χ2v) is 13.9. The highest BCUT2D eigenvalue weighted by atomic mass is 35.5. The summed E-state index contributed by atoms with van der Waals surface area (Å²) in [4.78, 5) is 19.0. The highest BCUT2D eigenvalue weighted by Gasteiger charge is 2.54. The Morgan fingerprint density at radius 2 is 1.83 bits per heavy atom. The summed E-state index contributed by atoms with van der Waals surface area (Å²) in [6, 6.07) is 2.65. The SMILES string of the molecule is C=CC(=O)N1CC2(CC(n3nc(N4CCN(C5CCOCC5)CC4(C)C)c(-c4c(Cl)c(C)cc(N)c4C=N)c3C)C2)C1. The molecule has 226 valence electrons. The van der Waals surface area contributed by atoms with Gasteiger partial charge in [-0.1, -0.05) is 18.2 Å². The van der Waals surface area contributed by atoms with Gasteiger partial charge in [-0.05, 0) is 71.1 Å². The number of carbonyl (C=O) groups excluding carboxylic acids is 1. The van der Waals surface area contributed by atoms with Crippen LogP contribution >= 0.6 is 11.6 Å². The topological polar surface area (TPSA) is 104 Å². The van der Waals surface area contributed by atoms with E-state index in [9.17, 15) is 4.79 Å². The lowest BCUT2D eigenvalue weighted by molar-refractivity contribution is -0.149. The van der Waals surface area contributed by atoms with Gasteiger partial charge in [-0.3, -0.25) is 14.4 Å². The van der Waals surface area contributed by atoms with Crippen LogP contribution in [0.4, 0.5) is 11.5 Å². The van der Waals surface area contributed by atoms with E-state index in [4.69, 9.17) is 32.6 Å². The number of piperazine rings is 1. The van der Waals surface area contributed by atoms with Crippen molar-refractivity contribution in [1.82, 2.24) is 19.6 Å². The maximum atomic E-state index is 12.1. The summed E-state index contributed by atoms with van der Waals surface area (Å²) in [5.41, 5.74) is 11.4. The number of carbonyl (C=O) groups is 1. The van der Waals surface area contributed by atoms with Crippen LogP contribution in [0.25, 0.3) is 11.1 Å². The van der Waals surface area contributed by atoms with Gasteiger partial charge in [0.05, 0.1) is 11.1 Å². The molecule has 4 fully saturated rings. The minimum atomic E-state index is -0.177. The summed E-state index contributed by atoms with van der Waals surface area (Å²) < 4.78 is 7.83. The molecule has 3 saturated heterocycles. The van der Waals surface area contributed by atoms with Crippen molar-refractivity contribution in [3.05, 3.63) is 40.6 Å². The van der Waals surface area contributed by atoms with Gasteiger partial charge in [-0.25, -0.2) is 0 Å². The number of ether oxygens (including phenoxy) is 1. The molecule has 3 aliphatic heterocycles. The molecular formula is C32H44ClN7O2. The molecule has 42 heavy (non-hydrogen) atoms. The smallest absolute Gasteiger partial charge is 0.245 e. The lowest BCUT2D eigenvalue weighted by Gasteiger charge is -2.58. The molecule has 3 N–H and O–H groups in total. The van der Waals surface area contributed by atoms with Crippen LogP contribution in [0.3, 0.4) is 0 Å². The third-order valence-corrected chi connectivity index (χ3v) is 10.6. The highest BCUT2D eigenvalue weighted by molar-refractivity contribution is 6.35. The molecule has 2 aromatic rings. The number of anilines is 2. The third kappa shape index (κ3) is 4.74.